The van der Waals surface area contributed by atoms with Crippen molar-refractivity contribution in [2.75, 3.05) is 0 Å². The summed E-state index contributed by atoms with van der Waals surface area (Å²) >= 11 is 9.37. The summed E-state index contributed by atoms with van der Waals surface area (Å²) in [5.74, 6) is 3.41. The van der Waals surface area contributed by atoms with Gasteiger partial charge in [-0.1, -0.05) is 25.4 Å². The number of aryl methyl sites for hydroxylation is 2. The minimum Gasteiger partial charge on any atom is -0.458 e. The van der Waals surface area contributed by atoms with Crippen molar-refractivity contribution in [1.82, 2.24) is 4.98 Å². The van der Waals surface area contributed by atoms with Crippen LogP contribution in [0.3, 0.4) is 0 Å². The number of aromatic nitrogens is 1. The maximum Gasteiger partial charge on any atom is 0.405 e. The van der Waals surface area contributed by atoms with E-state index in [1.807, 2.05) is 20.8 Å². The van der Waals surface area contributed by atoms with Gasteiger partial charge in [-0.05, 0) is 55.3 Å². The molecule has 2 rings (SSSR count). The molecule has 0 atom stereocenters. The van der Waals surface area contributed by atoms with Gasteiger partial charge < -0.3 is 14.9 Å². The SMILES string of the molecule is C#CCCc1oc2c(C)cc(Cl)nc2c1Br.CC.CC(C)(C)OC(N)=O. The number of hydrogen-bond donors (Lipinski definition) is 1. The van der Waals surface area contributed by atoms with Gasteiger partial charge in [-0.25, -0.2) is 9.78 Å². The number of rotatable bonds is 2. The van der Waals surface area contributed by atoms with Gasteiger partial charge in [-0.15, -0.1) is 12.3 Å². The number of terminal acetylenes is 1. The molecule has 2 aromatic rings. The van der Waals surface area contributed by atoms with Crippen molar-refractivity contribution in [2.45, 2.75) is 60.0 Å². The minimum atomic E-state index is -0.725. The largest absolute Gasteiger partial charge is 0.458 e. The molecule has 0 fully saturated rings. The van der Waals surface area contributed by atoms with Gasteiger partial charge >= 0.3 is 6.09 Å². The highest BCUT2D eigenvalue weighted by Gasteiger charge is 2.15. The van der Waals surface area contributed by atoms with Gasteiger partial charge in [0.05, 0.1) is 4.47 Å². The van der Waals surface area contributed by atoms with Crippen molar-refractivity contribution in [3.05, 3.63) is 27.0 Å². The van der Waals surface area contributed by atoms with Gasteiger partial charge in [0, 0.05) is 12.8 Å². The van der Waals surface area contributed by atoms with Gasteiger partial charge in [0.1, 0.15) is 22.0 Å². The molecule has 0 aliphatic heterocycles. The highest BCUT2D eigenvalue weighted by atomic mass is 79.9. The number of hydrogen-bond acceptors (Lipinski definition) is 4. The third kappa shape index (κ3) is 8.11. The average Bonchev–Trinajstić information content (AvgIpc) is 2.82. The molecule has 5 nitrogen and oxygen atoms in total. The molecule has 0 bridgehead atoms. The maximum absolute atomic E-state index is 10.0. The molecule has 2 aromatic heterocycles. The molecular formula is C19H26BrClN2O3. The second-order valence-corrected chi connectivity index (χ2v) is 7.20. The third-order valence-corrected chi connectivity index (χ3v) is 3.72. The molecule has 0 saturated heterocycles. The lowest BCUT2D eigenvalue weighted by Crippen LogP contribution is -2.27. The smallest absolute Gasteiger partial charge is 0.405 e. The Hall–Kier alpha value is -1.71. The Morgan fingerprint density at radius 1 is 1.46 bits per heavy atom. The summed E-state index contributed by atoms with van der Waals surface area (Å²) in [6.07, 6.45) is 5.85. The van der Waals surface area contributed by atoms with Crippen LogP contribution >= 0.6 is 27.5 Å². The third-order valence-electron chi connectivity index (χ3n) is 2.71. The molecule has 1 amide bonds. The second kappa shape index (κ2) is 11.1. The normalized spacial score (nSPS) is 10.1. The van der Waals surface area contributed by atoms with E-state index in [1.165, 1.54) is 0 Å². The fraction of sp³-hybridized carbons (Fsp3) is 0.474. The quantitative estimate of drug-likeness (QED) is 0.452. The van der Waals surface area contributed by atoms with Crippen molar-refractivity contribution in [3.63, 3.8) is 0 Å². The minimum absolute atomic E-state index is 0.453. The summed E-state index contributed by atoms with van der Waals surface area (Å²) in [5.41, 5.74) is 6.77. The van der Waals surface area contributed by atoms with Gasteiger partial charge in [0.2, 0.25) is 0 Å². The van der Waals surface area contributed by atoms with Crippen LogP contribution in [-0.2, 0) is 11.2 Å². The number of nitrogens with zero attached hydrogens (tertiary/aromatic N) is 1. The Morgan fingerprint density at radius 3 is 2.46 bits per heavy atom. The van der Waals surface area contributed by atoms with E-state index < -0.39 is 11.7 Å². The van der Waals surface area contributed by atoms with E-state index in [-0.39, 0.29) is 0 Å². The monoisotopic (exact) mass is 444 g/mol. The van der Waals surface area contributed by atoms with E-state index in [4.69, 9.17) is 28.2 Å². The van der Waals surface area contributed by atoms with E-state index in [0.717, 1.165) is 26.9 Å². The van der Waals surface area contributed by atoms with Crippen LogP contribution in [0.5, 0.6) is 0 Å². The van der Waals surface area contributed by atoms with Crippen LogP contribution in [0.2, 0.25) is 5.15 Å². The zero-order chi connectivity index (χ0) is 20.5. The Bertz CT molecular complexity index is 774. The summed E-state index contributed by atoms with van der Waals surface area (Å²) in [6.45, 7) is 11.2. The number of amides is 1. The van der Waals surface area contributed by atoms with Crippen LogP contribution in [0.4, 0.5) is 4.79 Å². The van der Waals surface area contributed by atoms with E-state index in [9.17, 15) is 4.79 Å². The molecule has 2 N–H and O–H groups in total. The standard InChI is InChI=1S/C12H9BrClNO.C5H11NO2.C2H6/c1-3-4-5-8-10(13)11-12(16-8)7(2)6-9(14)15-11;1-5(2,3)8-4(6)7;1-2/h1,6H,4-5H2,2H3;1-3H3,(H2,6,7);1-2H3. The molecule has 0 radical (unpaired) electrons. The predicted octanol–water partition coefficient (Wildman–Crippen LogP) is 6.02. The molecule has 0 aliphatic carbocycles. The molecule has 0 saturated carbocycles. The fourth-order valence-corrected chi connectivity index (χ4v) is 2.64. The molecule has 0 aromatic carbocycles. The number of pyridine rings is 1. The zero-order valence-electron chi connectivity index (χ0n) is 16.1. The molecule has 0 unspecified atom stereocenters. The number of carbonyl (C=O) groups is 1. The number of nitrogens with two attached hydrogens (primary N) is 1. The molecule has 2 heterocycles. The molecule has 7 heteroatoms. The number of halogens is 2. The lowest BCUT2D eigenvalue weighted by molar-refractivity contribution is 0.0600. The topological polar surface area (TPSA) is 78.3 Å². The maximum atomic E-state index is 10.0. The molecule has 26 heavy (non-hydrogen) atoms. The van der Waals surface area contributed by atoms with Crippen molar-refractivity contribution < 1.29 is 13.9 Å². The first-order valence-electron chi connectivity index (χ1n) is 8.21. The van der Waals surface area contributed by atoms with Crippen molar-refractivity contribution >= 4 is 44.7 Å². The Balaban J connectivity index is 0.000000533. The van der Waals surface area contributed by atoms with Gasteiger partial charge in [0.25, 0.3) is 0 Å². The summed E-state index contributed by atoms with van der Waals surface area (Å²) in [7, 11) is 0. The number of fused-ring (bicyclic) bond motifs is 1. The Morgan fingerprint density at radius 2 is 2.04 bits per heavy atom. The molecule has 0 aliphatic rings. The summed E-state index contributed by atoms with van der Waals surface area (Å²) < 4.78 is 11.1. The first kappa shape index (κ1) is 24.3. The molecular weight excluding hydrogens is 420 g/mol. The zero-order valence-corrected chi connectivity index (χ0v) is 18.4. The van der Waals surface area contributed by atoms with Crippen LogP contribution in [0.15, 0.2) is 15.0 Å². The number of primary amides is 1. The van der Waals surface area contributed by atoms with E-state index in [2.05, 4.69) is 31.6 Å². The van der Waals surface area contributed by atoms with Crippen molar-refractivity contribution in [1.29, 1.82) is 0 Å². The average molecular weight is 446 g/mol. The van der Waals surface area contributed by atoms with Gasteiger partial charge in [-0.3, -0.25) is 0 Å². The first-order chi connectivity index (χ1) is 12.0. The lowest BCUT2D eigenvalue weighted by atomic mass is 10.2. The van der Waals surface area contributed by atoms with E-state index >= 15 is 0 Å². The Kier molecular flexibility index (Phi) is 10.4. The fourth-order valence-electron chi connectivity index (χ4n) is 1.85. The van der Waals surface area contributed by atoms with Crippen LogP contribution in [0, 0.1) is 19.3 Å². The lowest BCUT2D eigenvalue weighted by Gasteiger charge is -2.16. The summed E-state index contributed by atoms with van der Waals surface area (Å²) in [6, 6.07) is 1.78. The van der Waals surface area contributed by atoms with E-state index in [1.54, 1.807) is 26.8 Å². The highest BCUT2D eigenvalue weighted by Crippen LogP contribution is 2.33. The van der Waals surface area contributed by atoms with E-state index in [0.29, 0.717) is 18.0 Å². The van der Waals surface area contributed by atoms with Crippen LogP contribution in [0.1, 0.15) is 52.4 Å². The van der Waals surface area contributed by atoms with Crippen LogP contribution in [0.25, 0.3) is 11.1 Å². The highest BCUT2D eigenvalue weighted by molar-refractivity contribution is 9.10. The number of ether oxygens (including phenoxy) is 1. The van der Waals surface area contributed by atoms with Gasteiger partial charge in [0.15, 0.2) is 5.58 Å². The second-order valence-electron chi connectivity index (χ2n) is 6.02. The predicted molar refractivity (Wildman–Crippen MR) is 110 cm³/mol. The van der Waals surface area contributed by atoms with Crippen molar-refractivity contribution in [2.24, 2.45) is 5.73 Å². The first-order valence-corrected chi connectivity index (χ1v) is 9.38. The Labute approximate surface area is 168 Å². The summed E-state index contributed by atoms with van der Waals surface area (Å²) in [5, 5.41) is 0.468. The van der Waals surface area contributed by atoms with Gasteiger partial charge in [-0.2, -0.15) is 0 Å². The molecule has 144 valence electrons. The summed E-state index contributed by atoms with van der Waals surface area (Å²) in [4.78, 5) is 14.3. The molecule has 0 spiro atoms. The van der Waals surface area contributed by atoms with Crippen LogP contribution < -0.4 is 5.73 Å². The van der Waals surface area contributed by atoms with Crippen LogP contribution in [-0.4, -0.2) is 16.7 Å². The van der Waals surface area contributed by atoms with Crippen molar-refractivity contribution in [3.8, 4) is 12.3 Å². The number of furan rings is 1. The number of carbonyl (C=O) groups excluding carboxylic acids is 1.